The summed E-state index contributed by atoms with van der Waals surface area (Å²) in [5.74, 6) is -0.0951. The SMILES string of the molecule is CCOC(=O)C1CCC(OC([C@@H](F)N2CCCC2)N2CCCC2)CC1.Cl.Cl. The molecule has 160 valence electrons. The molecule has 2 aliphatic heterocycles. The topological polar surface area (TPSA) is 42.0 Å². The number of rotatable bonds is 7. The van der Waals surface area contributed by atoms with E-state index in [1.165, 1.54) is 0 Å². The lowest BCUT2D eigenvalue weighted by atomic mass is 9.87. The van der Waals surface area contributed by atoms with E-state index in [0.29, 0.717) is 6.61 Å². The molecule has 8 heteroatoms. The Morgan fingerprint density at radius 1 is 0.963 bits per heavy atom. The van der Waals surface area contributed by atoms with Crippen molar-refractivity contribution in [2.45, 2.75) is 76.9 Å². The first-order valence-corrected chi connectivity index (χ1v) is 10.1. The van der Waals surface area contributed by atoms with Gasteiger partial charge in [-0.25, -0.2) is 4.39 Å². The monoisotopic (exact) mass is 428 g/mol. The molecule has 1 unspecified atom stereocenters. The van der Waals surface area contributed by atoms with Crippen LogP contribution in [0.1, 0.15) is 58.3 Å². The Morgan fingerprint density at radius 2 is 1.48 bits per heavy atom. The summed E-state index contributed by atoms with van der Waals surface area (Å²) in [5, 5.41) is 0. The Balaban J connectivity index is 0.00000182. The van der Waals surface area contributed by atoms with E-state index in [9.17, 15) is 4.79 Å². The van der Waals surface area contributed by atoms with Gasteiger partial charge in [-0.3, -0.25) is 14.6 Å². The van der Waals surface area contributed by atoms with Crippen LogP contribution < -0.4 is 0 Å². The highest BCUT2D eigenvalue weighted by atomic mass is 35.5. The molecule has 0 amide bonds. The number of hydrogen-bond donors (Lipinski definition) is 0. The Bertz CT molecular complexity index is 427. The Labute approximate surface area is 175 Å². The normalized spacial score (nSPS) is 28.8. The van der Waals surface area contributed by atoms with E-state index in [-0.39, 0.29) is 42.8 Å². The number of halogens is 3. The number of nitrogens with zero attached hydrogens (tertiary/aromatic N) is 2. The lowest BCUT2D eigenvalue weighted by molar-refractivity contribution is -0.172. The maximum Gasteiger partial charge on any atom is 0.308 e. The number of hydrogen-bond acceptors (Lipinski definition) is 5. The summed E-state index contributed by atoms with van der Waals surface area (Å²) in [7, 11) is 0. The van der Waals surface area contributed by atoms with Gasteiger partial charge in [-0.05, 0) is 58.3 Å². The van der Waals surface area contributed by atoms with Crippen LogP contribution in [0.25, 0.3) is 0 Å². The van der Waals surface area contributed by atoms with Crippen molar-refractivity contribution in [2.24, 2.45) is 5.92 Å². The molecule has 0 aromatic rings. The second-order valence-electron chi connectivity index (χ2n) is 7.61. The molecule has 2 atom stereocenters. The van der Waals surface area contributed by atoms with Crippen molar-refractivity contribution < 1.29 is 18.7 Å². The second kappa shape index (κ2) is 12.4. The third kappa shape index (κ3) is 6.70. The number of carbonyl (C=O) groups is 1. The molecule has 1 saturated carbocycles. The maximum absolute atomic E-state index is 15.2. The Morgan fingerprint density at radius 3 is 2.00 bits per heavy atom. The zero-order chi connectivity index (χ0) is 17.6. The van der Waals surface area contributed by atoms with Crippen LogP contribution in [0.5, 0.6) is 0 Å². The van der Waals surface area contributed by atoms with Crippen molar-refractivity contribution in [2.75, 3.05) is 32.8 Å². The van der Waals surface area contributed by atoms with E-state index in [4.69, 9.17) is 9.47 Å². The van der Waals surface area contributed by atoms with Crippen LogP contribution in [0.3, 0.4) is 0 Å². The molecule has 0 aromatic heterocycles. The molecule has 2 saturated heterocycles. The summed E-state index contributed by atoms with van der Waals surface area (Å²) in [6, 6.07) is 0. The molecule has 0 radical (unpaired) electrons. The zero-order valence-corrected chi connectivity index (χ0v) is 17.9. The molecular weight excluding hydrogens is 394 g/mol. The van der Waals surface area contributed by atoms with Crippen molar-refractivity contribution in [3.8, 4) is 0 Å². The predicted molar refractivity (Wildman–Crippen MR) is 108 cm³/mol. The van der Waals surface area contributed by atoms with Crippen molar-refractivity contribution in [3.05, 3.63) is 0 Å². The third-order valence-electron chi connectivity index (χ3n) is 5.85. The standard InChI is InChI=1S/C19H33FN2O3.2ClH/c1-2-24-19(23)15-7-9-16(10-8-15)25-18(22-13-5-6-14-22)17(20)21-11-3-4-12-21;;/h15-18H,2-14H2,1H3;2*1H/t15?,16?,17-,18?;;/m0../s1. The Kier molecular flexibility index (Phi) is 11.5. The van der Waals surface area contributed by atoms with E-state index in [0.717, 1.165) is 77.5 Å². The van der Waals surface area contributed by atoms with Gasteiger partial charge >= 0.3 is 5.97 Å². The number of esters is 1. The van der Waals surface area contributed by atoms with Gasteiger partial charge in [-0.1, -0.05) is 0 Å². The van der Waals surface area contributed by atoms with Crippen molar-refractivity contribution in [1.29, 1.82) is 0 Å². The maximum atomic E-state index is 15.2. The lowest BCUT2D eigenvalue weighted by Gasteiger charge is -2.38. The summed E-state index contributed by atoms with van der Waals surface area (Å²) < 4.78 is 26.6. The van der Waals surface area contributed by atoms with Gasteiger partial charge in [-0.2, -0.15) is 0 Å². The predicted octanol–water partition coefficient (Wildman–Crippen LogP) is 3.78. The van der Waals surface area contributed by atoms with Crippen molar-refractivity contribution in [3.63, 3.8) is 0 Å². The van der Waals surface area contributed by atoms with Gasteiger partial charge in [0.1, 0.15) is 0 Å². The highest BCUT2D eigenvalue weighted by Crippen LogP contribution is 2.31. The smallest absolute Gasteiger partial charge is 0.308 e. The second-order valence-corrected chi connectivity index (χ2v) is 7.61. The fourth-order valence-corrected chi connectivity index (χ4v) is 4.38. The van der Waals surface area contributed by atoms with Crippen LogP contribution in [0.4, 0.5) is 4.39 Å². The first kappa shape index (κ1) is 24.9. The highest BCUT2D eigenvalue weighted by Gasteiger charge is 2.38. The summed E-state index contributed by atoms with van der Waals surface area (Å²) in [6.07, 6.45) is 6.19. The van der Waals surface area contributed by atoms with Gasteiger partial charge in [0.25, 0.3) is 0 Å². The number of ether oxygens (including phenoxy) is 2. The minimum atomic E-state index is -1.04. The van der Waals surface area contributed by atoms with E-state index < -0.39 is 12.5 Å². The van der Waals surface area contributed by atoms with Crippen LogP contribution in [0, 0.1) is 5.92 Å². The third-order valence-corrected chi connectivity index (χ3v) is 5.85. The molecular formula is C19H35Cl2FN2O3. The molecule has 3 rings (SSSR count). The Hall–Kier alpha value is -0.140. The highest BCUT2D eigenvalue weighted by molar-refractivity contribution is 5.85. The lowest BCUT2D eigenvalue weighted by Crippen LogP contribution is -2.51. The van der Waals surface area contributed by atoms with Crippen LogP contribution >= 0.6 is 24.8 Å². The summed E-state index contributed by atoms with van der Waals surface area (Å²) in [4.78, 5) is 16.0. The van der Waals surface area contributed by atoms with Gasteiger partial charge in [0.2, 0.25) is 0 Å². The van der Waals surface area contributed by atoms with Gasteiger partial charge < -0.3 is 9.47 Å². The van der Waals surface area contributed by atoms with Gasteiger partial charge in [0.15, 0.2) is 12.5 Å². The minimum absolute atomic E-state index is 0. The van der Waals surface area contributed by atoms with Gasteiger partial charge in [0, 0.05) is 26.2 Å². The fraction of sp³-hybridized carbons (Fsp3) is 0.947. The molecule has 0 N–H and O–H groups in total. The average molecular weight is 429 g/mol. The first-order chi connectivity index (χ1) is 12.2. The molecule has 27 heavy (non-hydrogen) atoms. The fourth-order valence-electron chi connectivity index (χ4n) is 4.38. The summed E-state index contributed by atoms with van der Waals surface area (Å²) >= 11 is 0. The van der Waals surface area contributed by atoms with Gasteiger partial charge in [-0.15, -0.1) is 24.8 Å². The van der Waals surface area contributed by atoms with E-state index in [1.54, 1.807) is 0 Å². The summed E-state index contributed by atoms with van der Waals surface area (Å²) in [6.45, 7) is 5.81. The van der Waals surface area contributed by atoms with E-state index in [1.807, 2.05) is 11.8 Å². The van der Waals surface area contributed by atoms with Crippen LogP contribution in [-0.2, 0) is 14.3 Å². The number of likely N-dealkylation sites (tertiary alicyclic amines) is 2. The molecule has 3 aliphatic rings. The van der Waals surface area contributed by atoms with E-state index >= 15 is 4.39 Å². The largest absolute Gasteiger partial charge is 0.466 e. The summed E-state index contributed by atoms with van der Waals surface area (Å²) in [5.41, 5.74) is 0. The van der Waals surface area contributed by atoms with Crippen LogP contribution in [-0.4, -0.2) is 67.2 Å². The molecule has 0 aromatic carbocycles. The molecule has 1 aliphatic carbocycles. The molecule has 0 bridgehead atoms. The van der Waals surface area contributed by atoms with E-state index in [2.05, 4.69) is 4.90 Å². The number of alkyl halides is 1. The average Bonchev–Trinajstić information content (AvgIpc) is 3.33. The molecule has 3 fully saturated rings. The molecule has 0 spiro atoms. The minimum Gasteiger partial charge on any atom is -0.466 e. The zero-order valence-electron chi connectivity index (χ0n) is 16.3. The number of carbonyl (C=O) groups excluding carboxylic acids is 1. The van der Waals surface area contributed by atoms with Gasteiger partial charge in [0.05, 0.1) is 18.6 Å². The first-order valence-electron chi connectivity index (χ1n) is 10.1. The molecule has 5 nitrogen and oxygen atoms in total. The molecule has 2 heterocycles. The van der Waals surface area contributed by atoms with Crippen molar-refractivity contribution in [1.82, 2.24) is 9.80 Å². The quantitative estimate of drug-likeness (QED) is 0.455. The van der Waals surface area contributed by atoms with Crippen molar-refractivity contribution >= 4 is 30.8 Å². The van der Waals surface area contributed by atoms with Crippen LogP contribution in [0.2, 0.25) is 0 Å². The van der Waals surface area contributed by atoms with Crippen LogP contribution in [0.15, 0.2) is 0 Å².